The van der Waals surface area contributed by atoms with Gasteiger partial charge in [0.1, 0.15) is 0 Å². The maximum Gasteiger partial charge on any atom is 0.0810 e. The Kier molecular flexibility index (Phi) is 2.83. The van der Waals surface area contributed by atoms with Gasteiger partial charge in [-0.05, 0) is 34.6 Å². The van der Waals surface area contributed by atoms with Crippen molar-refractivity contribution in [3.8, 4) is 0 Å². The molecule has 0 fully saturated rings. The fourth-order valence-corrected chi connectivity index (χ4v) is 2.16. The van der Waals surface area contributed by atoms with Gasteiger partial charge in [0.15, 0.2) is 0 Å². The number of nitrogens with zero attached hydrogens (tertiary/aromatic N) is 3. The van der Waals surface area contributed by atoms with E-state index in [9.17, 15) is 5.11 Å². The maximum atomic E-state index is 9.77. The highest BCUT2D eigenvalue weighted by molar-refractivity contribution is 5.22. The van der Waals surface area contributed by atoms with E-state index in [1.54, 1.807) is 13.8 Å². The number of aliphatic hydroxyl groups is 1. The minimum atomic E-state index is -0.705. The van der Waals surface area contributed by atoms with Crippen LogP contribution in [0.5, 0.6) is 0 Å². The molecular formula is C13H23N3O. The summed E-state index contributed by atoms with van der Waals surface area (Å²) in [6.45, 7) is 12.7. The molecule has 0 atom stereocenters. The van der Waals surface area contributed by atoms with Gasteiger partial charge >= 0.3 is 0 Å². The van der Waals surface area contributed by atoms with Crippen LogP contribution in [-0.4, -0.2) is 30.9 Å². The highest BCUT2D eigenvalue weighted by atomic mass is 16.3. The van der Waals surface area contributed by atoms with E-state index in [4.69, 9.17) is 0 Å². The van der Waals surface area contributed by atoms with E-state index in [0.717, 1.165) is 18.8 Å². The molecule has 0 saturated heterocycles. The van der Waals surface area contributed by atoms with E-state index in [0.29, 0.717) is 6.54 Å². The molecule has 1 aliphatic heterocycles. The predicted octanol–water partition coefficient (Wildman–Crippen LogP) is 1.77. The predicted molar refractivity (Wildman–Crippen MR) is 67.5 cm³/mol. The Morgan fingerprint density at radius 3 is 2.35 bits per heavy atom. The molecule has 1 aromatic heterocycles. The van der Waals surface area contributed by atoms with Crippen LogP contribution in [-0.2, 0) is 19.6 Å². The summed E-state index contributed by atoms with van der Waals surface area (Å²) in [5.74, 6) is 0. The lowest BCUT2D eigenvalue weighted by Crippen LogP contribution is -2.37. The second-order valence-corrected chi connectivity index (χ2v) is 6.64. The van der Waals surface area contributed by atoms with Crippen molar-refractivity contribution in [2.24, 2.45) is 0 Å². The van der Waals surface area contributed by atoms with E-state index in [1.807, 2.05) is 4.68 Å². The Bertz CT molecular complexity index is 386. The van der Waals surface area contributed by atoms with Crippen LogP contribution < -0.4 is 0 Å². The van der Waals surface area contributed by atoms with Crippen LogP contribution in [0.4, 0.5) is 0 Å². The summed E-state index contributed by atoms with van der Waals surface area (Å²) >= 11 is 0. The quantitative estimate of drug-likeness (QED) is 0.852. The second-order valence-electron chi connectivity index (χ2n) is 6.64. The number of rotatable bonds is 2. The fraction of sp³-hybridized carbons (Fsp3) is 0.769. The average Bonchev–Trinajstić information content (AvgIpc) is 2.55. The summed E-state index contributed by atoms with van der Waals surface area (Å²) in [5, 5.41) is 14.3. The molecule has 4 heteroatoms. The van der Waals surface area contributed by atoms with Gasteiger partial charge < -0.3 is 5.11 Å². The van der Waals surface area contributed by atoms with Gasteiger partial charge in [-0.1, -0.05) is 0 Å². The molecule has 1 aliphatic rings. The van der Waals surface area contributed by atoms with Crippen LogP contribution in [0.15, 0.2) is 6.20 Å². The monoisotopic (exact) mass is 237 g/mol. The van der Waals surface area contributed by atoms with Gasteiger partial charge in [0.25, 0.3) is 0 Å². The summed E-state index contributed by atoms with van der Waals surface area (Å²) in [7, 11) is 0. The zero-order valence-electron chi connectivity index (χ0n) is 11.5. The van der Waals surface area contributed by atoms with Crippen LogP contribution in [0.2, 0.25) is 0 Å². The SMILES string of the molecule is CC(C)(O)Cn1cc2c(n1)CN(C(C)(C)C)C2. The van der Waals surface area contributed by atoms with Gasteiger partial charge in [0.05, 0.1) is 17.8 Å². The zero-order chi connectivity index (χ0) is 12.8. The van der Waals surface area contributed by atoms with Crippen molar-refractivity contribution in [2.45, 2.75) is 65.4 Å². The summed E-state index contributed by atoms with van der Waals surface area (Å²) in [4.78, 5) is 2.42. The standard InChI is InChI=1S/C13H23N3O/c1-12(2,3)15-6-10-7-16(9-13(4,5)17)14-11(10)8-15/h7,17H,6,8-9H2,1-5H3. The van der Waals surface area contributed by atoms with E-state index in [2.05, 4.69) is 37.0 Å². The Hall–Kier alpha value is -0.870. The lowest BCUT2D eigenvalue weighted by Gasteiger charge is -2.31. The van der Waals surface area contributed by atoms with Crippen LogP contribution in [0.1, 0.15) is 45.9 Å². The molecule has 0 unspecified atom stereocenters. The fourth-order valence-electron chi connectivity index (χ4n) is 2.16. The first kappa shape index (κ1) is 12.6. The highest BCUT2D eigenvalue weighted by Crippen LogP contribution is 2.28. The van der Waals surface area contributed by atoms with Gasteiger partial charge in [-0.15, -0.1) is 0 Å². The number of fused-ring (bicyclic) bond motifs is 1. The summed E-state index contributed by atoms with van der Waals surface area (Å²) in [5.41, 5.74) is 1.94. The van der Waals surface area contributed by atoms with E-state index in [-0.39, 0.29) is 5.54 Å². The van der Waals surface area contributed by atoms with Crippen LogP contribution in [0.25, 0.3) is 0 Å². The molecule has 1 aromatic rings. The Labute approximate surface area is 103 Å². The minimum Gasteiger partial charge on any atom is -0.389 e. The van der Waals surface area contributed by atoms with Crippen molar-refractivity contribution in [1.29, 1.82) is 0 Å². The summed E-state index contributed by atoms with van der Waals surface area (Å²) in [6, 6.07) is 0. The van der Waals surface area contributed by atoms with Gasteiger partial charge in [-0.2, -0.15) is 5.10 Å². The van der Waals surface area contributed by atoms with Crippen molar-refractivity contribution < 1.29 is 5.11 Å². The summed E-state index contributed by atoms with van der Waals surface area (Å²) in [6.07, 6.45) is 2.07. The molecule has 1 N–H and O–H groups in total. The Balaban J connectivity index is 2.09. The second kappa shape index (κ2) is 3.82. The lowest BCUT2D eigenvalue weighted by atomic mass is 10.1. The highest BCUT2D eigenvalue weighted by Gasteiger charge is 2.30. The third-order valence-electron chi connectivity index (χ3n) is 3.12. The van der Waals surface area contributed by atoms with Crippen molar-refractivity contribution in [2.75, 3.05) is 0 Å². The molecule has 4 nitrogen and oxygen atoms in total. The van der Waals surface area contributed by atoms with Crippen molar-refractivity contribution in [3.05, 3.63) is 17.5 Å². The van der Waals surface area contributed by atoms with Gasteiger partial charge in [0.2, 0.25) is 0 Å². The molecule has 0 amide bonds. The van der Waals surface area contributed by atoms with E-state index >= 15 is 0 Å². The summed E-state index contributed by atoms with van der Waals surface area (Å²) < 4.78 is 1.87. The Morgan fingerprint density at radius 2 is 1.88 bits per heavy atom. The van der Waals surface area contributed by atoms with Gasteiger partial charge in [0, 0.05) is 30.4 Å². The normalized spacial score (nSPS) is 17.5. The maximum absolute atomic E-state index is 9.77. The molecule has 0 aromatic carbocycles. The largest absolute Gasteiger partial charge is 0.389 e. The zero-order valence-corrected chi connectivity index (χ0v) is 11.5. The van der Waals surface area contributed by atoms with Gasteiger partial charge in [-0.3, -0.25) is 9.58 Å². The van der Waals surface area contributed by atoms with Crippen LogP contribution in [0.3, 0.4) is 0 Å². The molecule has 96 valence electrons. The molecule has 0 saturated carbocycles. The molecule has 2 rings (SSSR count). The Morgan fingerprint density at radius 1 is 1.24 bits per heavy atom. The smallest absolute Gasteiger partial charge is 0.0810 e. The first-order valence-electron chi connectivity index (χ1n) is 6.18. The third-order valence-corrected chi connectivity index (χ3v) is 3.12. The minimum absolute atomic E-state index is 0.189. The molecule has 0 spiro atoms. The van der Waals surface area contributed by atoms with E-state index in [1.165, 1.54) is 5.56 Å². The number of hydrogen-bond donors (Lipinski definition) is 1. The van der Waals surface area contributed by atoms with Crippen molar-refractivity contribution in [3.63, 3.8) is 0 Å². The molecule has 0 bridgehead atoms. The topological polar surface area (TPSA) is 41.3 Å². The molecule has 0 aliphatic carbocycles. The first-order valence-corrected chi connectivity index (χ1v) is 6.18. The van der Waals surface area contributed by atoms with Crippen LogP contribution >= 0.6 is 0 Å². The van der Waals surface area contributed by atoms with Gasteiger partial charge in [-0.25, -0.2) is 0 Å². The number of hydrogen-bond acceptors (Lipinski definition) is 3. The van der Waals surface area contributed by atoms with Crippen molar-refractivity contribution in [1.82, 2.24) is 14.7 Å². The molecular weight excluding hydrogens is 214 g/mol. The van der Waals surface area contributed by atoms with Crippen molar-refractivity contribution >= 4 is 0 Å². The first-order chi connectivity index (χ1) is 7.65. The molecule has 2 heterocycles. The molecule has 0 radical (unpaired) electrons. The molecule has 17 heavy (non-hydrogen) atoms. The number of aromatic nitrogens is 2. The van der Waals surface area contributed by atoms with E-state index < -0.39 is 5.60 Å². The van der Waals surface area contributed by atoms with Crippen LogP contribution in [0, 0.1) is 0 Å². The lowest BCUT2D eigenvalue weighted by molar-refractivity contribution is 0.0569. The average molecular weight is 237 g/mol. The third kappa shape index (κ3) is 2.87.